The van der Waals surface area contributed by atoms with Crippen LogP contribution in [0.15, 0.2) is 12.2 Å². The first-order valence-electron chi connectivity index (χ1n) is 14.6. The van der Waals surface area contributed by atoms with E-state index < -0.39 is 0 Å². The largest absolute Gasteiger partial charge is 0.393 e. The van der Waals surface area contributed by atoms with Gasteiger partial charge in [0.1, 0.15) is 0 Å². The highest BCUT2D eigenvalue weighted by atomic mass is 16.3. The number of aliphatic hydroxyl groups excluding tert-OH is 1. The first kappa shape index (κ1) is 25.6. The molecule has 0 aromatic carbocycles. The Balaban J connectivity index is 1.54. The fourth-order valence-electron chi connectivity index (χ4n) is 11.6. The smallest absolute Gasteiger partial charge is 0.314 e. The van der Waals surface area contributed by atoms with Crippen molar-refractivity contribution in [2.75, 3.05) is 7.05 Å². The van der Waals surface area contributed by atoms with E-state index in [4.69, 9.17) is 0 Å². The van der Waals surface area contributed by atoms with Gasteiger partial charge >= 0.3 is 6.03 Å². The van der Waals surface area contributed by atoms with Crippen molar-refractivity contribution in [1.29, 1.82) is 0 Å². The normalized spacial score (nSPS) is 52.3. The van der Waals surface area contributed by atoms with Gasteiger partial charge in [0, 0.05) is 12.6 Å². The topological polar surface area (TPSA) is 61.4 Å². The van der Waals surface area contributed by atoms with E-state index in [2.05, 4.69) is 58.8 Å². The number of hydrogen-bond acceptors (Lipinski definition) is 2. The minimum atomic E-state index is -0.169. The number of amides is 2. The van der Waals surface area contributed by atoms with Crippen LogP contribution in [-0.2, 0) is 0 Å². The van der Waals surface area contributed by atoms with Gasteiger partial charge in [-0.25, -0.2) is 4.79 Å². The predicted octanol–water partition coefficient (Wildman–Crippen LogP) is 6.69. The summed E-state index contributed by atoms with van der Waals surface area (Å²) < 4.78 is 0. The third kappa shape index (κ3) is 3.23. The van der Waals surface area contributed by atoms with Gasteiger partial charge in [0.15, 0.2) is 0 Å². The number of nitrogens with one attached hydrogen (secondary N) is 2. The number of hydrogen-bond donors (Lipinski definition) is 3. The quantitative estimate of drug-likeness (QED) is 0.383. The second-order valence-corrected chi connectivity index (χ2v) is 14.9. The fraction of sp³-hybridized carbons (Fsp3) is 0.903. The van der Waals surface area contributed by atoms with Crippen molar-refractivity contribution in [1.82, 2.24) is 10.6 Å². The molecular formula is C31H52N2O2. The Labute approximate surface area is 214 Å². The maximum absolute atomic E-state index is 12.6. The van der Waals surface area contributed by atoms with Crippen LogP contribution in [0, 0.1) is 51.2 Å². The number of fused-ring (bicyclic) bond motifs is 7. The molecule has 5 unspecified atom stereocenters. The summed E-state index contributed by atoms with van der Waals surface area (Å²) in [5.74, 6) is 2.94. The number of allylic oxidation sites excluding steroid dienone is 1. The zero-order valence-corrected chi connectivity index (χ0v) is 23.6. The summed E-state index contributed by atoms with van der Waals surface area (Å²) in [6, 6.07) is -0.0168. The van der Waals surface area contributed by atoms with E-state index in [1.54, 1.807) is 7.05 Å². The van der Waals surface area contributed by atoms with Crippen molar-refractivity contribution in [3.8, 4) is 0 Å². The first-order valence-corrected chi connectivity index (χ1v) is 14.6. The van der Waals surface area contributed by atoms with Crippen LogP contribution in [-0.4, -0.2) is 29.8 Å². The molecule has 5 rings (SSSR count). The molecule has 0 bridgehead atoms. The summed E-state index contributed by atoms with van der Waals surface area (Å²) in [6.45, 7) is 19.3. The summed E-state index contributed by atoms with van der Waals surface area (Å²) in [5, 5.41) is 17.3. The third-order valence-electron chi connectivity index (χ3n) is 13.6. The molecule has 0 aliphatic heterocycles. The molecule has 0 saturated heterocycles. The minimum Gasteiger partial charge on any atom is -0.393 e. The maximum Gasteiger partial charge on any atom is 0.314 e. The Hall–Kier alpha value is -1.03. The predicted molar refractivity (Wildman–Crippen MR) is 143 cm³/mol. The maximum atomic E-state index is 12.6. The number of carbonyl (C=O) groups excluding carboxylic acids is 1. The molecule has 2 amide bonds. The van der Waals surface area contributed by atoms with Gasteiger partial charge in [-0.15, -0.1) is 0 Å². The van der Waals surface area contributed by atoms with Crippen LogP contribution in [0.2, 0.25) is 0 Å². The Morgan fingerprint density at radius 3 is 2.23 bits per heavy atom. The van der Waals surface area contributed by atoms with Gasteiger partial charge in [0.2, 0.25) is 0 Å². The molecule has 5 saturated carbocycles. The van der Waals surface area contributed by atoms with Crippen LogP contribution >= 0.6 is 0 Å². The number of aliphatic hydroxyl groups is 1. The van der Waals surface area contributed by atoms with Gasteiger partial charge in [-0.3, -0.25) is 0 Å². The molecule has 0 heterocycles. The van der Waals surface area contributed by atoms with Crippen molar-refractivity contribution < 1.29 is 9.90 Å². The highest BCUT2D eigenvalue weighted by Gasteiger charge is 2.71. The molecule has 0 radical (unpaired) electrons. The summed E-state index contributed by atoms with van der Waals surface area (Å²) in [7, 11) is 1.74. The monoisotopic (exact) mass is 484 g/mol. The van der Waals surface area contributed by atoms with Crippen molar-refractivity contribution in [2.24, 2.45) is 51.2 Å². The van der Waals surface area contributed by atoms with Crippen LogP contribution < -0.4 is 10.6 Å². The lowest BCUT2D eigenvalue weighted by molar-refractivity contribution is -0.243. The standard InChI is InChI=1S/C31H52N2O2/c1-19(2)20-11-16-31(33-26(35)32-8)18-17-29(6)21(25(20)31)9-10-23-28(5)14-13-24(34)27(3,4)22(28)12-15-30(23,29)7/h20-25,34H,1,9-18H2,2-8H3,(H2,32,33,35)/t20-,21?,22-,23+,24?,25+,28?,29+,30?,31?/m0/s1. The third-order valence-corrected chi connectivity index (χ3v) is 13.6. The molecule has 35 heavy (non-hydrogen) atoms. The average Bonchev–Trinajstić information content (AvgIpc) is 3.16. The summed E-state index contributed by atoms with van der Waals surface area (Å²) >= 11 is 0. The Morgan fingerprint density at radius 1 is 0.857 bits per heavy atom. The van der Waals surface area contributed by atoms with Gasteiger partial charge < -0.3 is 15.7 Å². The Kier molecular flexibility index (Phi) is 5.84. The first-order chi connectivity index (χ1) is 16.3. The van der Waals surface area contributed by atoms with Crippen LogP contribution in [0.4, 0.5) is 4.79 Å². The second kappa shape index (κ2) is 7.98. The van der Waals surface area contributed by atoms with Crippen molar-refractivity contribution in [2.45, 2.75) is 117 Å². The molecular weight excluding hydrogens is 432 g/mol. The molecule has 5 aliphatic rings. The van der Waals surface area contributed by atoms with Crippen molar-refractivity contribution >= 4 is 6.03 Å². The average molecular weight is 485 g/mol. The van der Waals surface area contributed by atoms with Crippen LogP contribution in [0.1, 0.15) is 106 Å². The van der Waals surface area contributed by atoms with Gasteiger partial charge in [0.25, 0.3) is 0 Å². The molecule has 5 aliphatic carbocycles. The summed E-state index contributed by atoms with van der Waals surface area (Å²) in [5.41, 5.74) is 2.12. The van der Waals surface area contributed by atoms with Crippen LogP contribution in [0.5, 0.6) is 0 Å². The van der Waals surface area contributed by atoms with E-state index in [0.29, 0.717) is 40.4 Å². The molecule has 3 N–H and O–H groups in total. The fourth-order valence-corrected chi connectivity index (χ4v) is 11.6. The molecule has 0 aromatic heterocycles. The molecule has 4 nitrogen and oxygen atoms in total. The lowest BCUT2D eigenvalue weighted by atomic mass is 9.32. The molecule has 5 fully saturated rings. The number of rotatable bonds is 2. The Morgan fingerprint density at radius 2 is 1.57 bits per heavy atom. The molecule has 4 heteroatoms. The van der Waals surface area contributed by atoms with Gasteiger partial charge in [0.05, 0.1) is 6.10 Å². The molecule has 198 valence electrons. The lowest BCUT2D eigenvalue weighted by Gasteiger charge is -2.73. The lowest BCUT2D eigenvalue weighted by Crippen LogP contribution is -2.69. The van der Waals surface area contributed by atoms with Crippen molar-refractivity contribution in [3.05, 3.63) is 12.2 Å². The molecule has 0 aromatic rings. The zero-order valence-electron chi connectivity index (χ0n) is 23.6. The van der Waals surface area contributed by atoms with Gasteiger partial charge in [-0.05, 0) is 122 Å². The van der Waals surface area contributed by atoms with E-state index >= 15 is 0 Å². The van der Waals surface area contributed by atoms with E-state index in [-0.39, 0.29) is 28.5 Å². The molecule has 10 atom stereocenters. The second-order valence-electron chi connectivity index (χ2n) is 14.9. The van der Waals surface area contributed by atoms with Crippen LogP contribution in [0.3, 0.4) is 0 Å². The minimum absolute atomic E-state index is 0.00172. The van der Waals surface area contributed by atoms with Gasteiger partial charge in [-0.2, -0.15) is 0 Å². The highest BCUT2D eigenvalue weighted by molar-refractivity contribution is 5.74. The number of urea groups is 1. The van der Waals surface area contributed by atoms with Crippen LogP contribution in [0.25, 0.3) is 0 Å². The van der Waals surface area contributed by atoms with E-state index in [0.717, 1.165) is 25.7 Å². The molecule has 0 spiro atoms. The SMILES string of the molecule is C=C(C)[C@@H]1CCC2(NC(=O)NC)CC[C@]3(C)C(CC[C@@H]4C5(C)CCC(O)C(C)(C)[C@@H]5CCC43C)[C@@H]12. The van der Waals surface area contributed by atoms with E-state index in [9.17, 15) is 9.90 Å². The van der Waals surface area contributed by atoms with E-state index in [1.807, 2.05) is 0 Å². The summed E-state index contributed by atoms with van der Waals surface area (Å²) in [6.07, 6.45) is 11.6. The zero-order chi connectivity index (χ0) is 25.6. The Bertz CT molecular complexity index is 898. The van der Waals surface area contributed by atoms with E-state index in [1.165, 1.54) is 44.1 Å². The summed E-state index contributed by atoms with van der Waals surface area (Å²) in [4.78, 5) is 12.6. The highest BCUT2D eigenvalue weighted by Crippen LogP contribution is 2.76. The number of carbonyl (C=O) groups is 1. The van der Waals surface area contributed by atoms with Crippen molar-refractivity contribution in [3.63, 3.8) is 0 Å². The van der Waals surface area contributed by atoms with Gasteiger partial charge in [-0.1, -0.05) is 46.8 Å².